The van der Waals surface area contributed by atoms with Gasteiger partial charge in [0, 0.05) is 5.56 Å². The van der Waals surface area contributed by atoms with Crippen LogP contribution in [-0.2, 0) is 10.5 Å². The largest absolute Gasteiger partial charge is 0.295 e. The van der Waals surface area contributed by atoms with E-state index in [2.05, 4.69) is 37.3 Å². The predicted octanol–water partition coefficient (Wildman–Crippen LogP) is 4.08. The highest BCUT2D eigenvalue weighted by molar-refractivity contribution is 7.97. The first-order valence-electron chi connectivity index (χ1n) is 8.34. The average Bonchev–Trinajstić information content (AvgIpc) is 2.63. The molecule has 2 atom stereocenters. The number of rotatable bonds is 2. The molecule has 0 saturated heterocycles. The lowest BCUT2D eigenvalue weighted by Crippen LogP contribution is -2.32. The van der Waals surface area contributed by atoms with Crippen molar-refractivity contribution in [3.05, 3.63) is 83.5 Å². The second-order valence-electron chi connectivity index (χ2n) is 6.47. The minimum Gasteiger partial charge on any atom is -0.295 e. The molecular weight excluding hydrogens is 328 g/mol. The Morgan fingerprint density at radius 1 is 1.04 bits per heavy atom. The van der Waals surface area contributed by atoms with Gasteiger partial charge in [0.2, 0.25) is 0 Å². The van der Waals surface area contributed by atoms with Crippen molar-refractivity contribution in [1.29, 1.82) is 0 Å². The number of fused-ring (bicyclic) bond motifs is 2. The standard InChI is InChI=1S/C22H18O2S/c1-14-7-10-17(11-8-14)25-20-6-4-3-5-18(20)22(24)19-13-16(15(2)23)9-12-21(19)25/h3-13,18H,1-2H3/p+1. The number of hydrogen-bond donors (Lipinski definition) is 0. The number of ketones is 2. The maximum Gasteiger partial charge on any atom is 0.183 e. The van der Waals surface area contributed by atoms with Gasteiger partial charge in [0.25, 0.3) is 0 Å². The van der Waals surface area contributed by atoms with E-state index < -0.39 is 10.5 Å². The highest BCUT2D eigenvalue weighted by atomic mass is 32.2. The van der Waals surface area contributed by atoms with Crippen molar-refractivity contribution < 1.29 is 9.59 Å². The molecule has 2 unspecified atom stereocenters. The Morgan fingerprint density at radius 2 is 1.80 bits per heavy atom. The molecule has 2 aromatic rings. The number of benzene rings is 2. The molecule has 0 spiro atoms. The number of Topliss-reactive ketones (excluding diaryl/α,β-unsaturated/α-hetero) is 2. The number of carbonyl (C=O) groups excluding carboxylic acids is 2. The molecule has 0 bridgehead atoms. The molecule has 0 N–H and O–H groups in total. The molecule has 3 heteroatoms. The topological polar surface area (TPSA) is 34.1 Å². The molecule has 124 valence electrons. The molecule has 0 amide bonds. The van der Waals surface area contributed by atoms with Crippen LogP contribution >= 0.6 is 0 Å². The smallest absolute Gasteiger partial charge is 0.183 e. The van der Waals surface area contributed by atoms with Crippen LogP contribution in [0.4, 0.5) is 0 Å². The summed E-state index contributed by atoms with van der Waals surface area (Å²) in [6, 6.07) is 14.2. The van der Waals surface area contributed by atoms with Gasteiger partial charge in [0.1, 0.15) is 20.6 Å². The minimum absolute atomic E-state index is 0.0101. The van der Waals surface area contributed by atoms with Gasteiger partial charge in [-0.25, -0.2) is 0 Å². The minimum atomic E-state index is -0.764. The van der Waals surface area contributed by atoms with Gasteiger partial charge >= 0.3 is 0 Å². The predicted molar refractivity (Wildman–Crippen MR) is 104 cm³/mol. The Bertz CT molecular complexity index is 991. The van der Waals surface area contributed by atoms with Crippen LogP contribution in [0, 0.1) is 12.8 Å². The van der Waals surface area contributed by atoms with E-state index in [0.29, 0.717) is 11.1 Å². The van der Waals surface area contributed by atoms with E-state index in [1.165, 1.54) is 15.3 Å². The van der Waals surface area contributed by atoms with Crippen LogP contribution in [0.25, 0.3) is 0 Å². The van der Waals surface area contributed by atoms with Gasteiger partial charge in [0.05, 0.1) is 5.56 Å². The first-order valence-corrected chi connectivity index (χ1v) is 9.68. The zero-order chi connectivity index (χ0) is 17.6. The summed E-state index contributed by atoms with van der Waals surface area (Å²) in [7, 11) is -0.764. The molecule has 1 aliphatic carbocycles. The monoisotopic (exact) mass is 347 g/mol. The molecule has 2 nitrogen and oxygen atoms in total. The van der Waals surface area contributed by atoms with Crippen LogP contribution < -0.4 is 0 Å². The maximum absolute atomic E-state index is 13.0. The van der Waals surface area contributed by atoms with Crippen LogP contribution in [0.3, 0.4) is 0 Å². The zero-order valence-corrected chi connectivity index (χ0v) is 15.1. The Kier molecular flexibility index (Phi) is 3.89. The molecular formula is C22H19O2S+. The Labute approximate surface area is 149 Å². The van der Waals surface area contributed by atoms with Crippen molar-refractivity contribution >= 4 is 26.9 Å². The van der Waals surface area contributed by atoms with E-state index in [0.717, 1.165) is 4.90 Å². The van der Waals surface area contributed by atoms with E-state index in [1.807, 2.05) is 30.4 Å². The third-order valence-corrected chi connectivity index (χ3v) is 7.37. The first kappa shape index (κ1) is 16.0. The van der Waals surface area contributed by atoms with Crippen LogP contribution in [0.5, 0.6) is 0 Å². The highest BCUT2D eigenvalue weighted by Gasteiger charge is 2.37. The summed E-state index contributed by atoms with van der Waals surface area (Å²) < 4.78 is 0. The lowest BCUT2D eigenvalue weighted by Gasteiger charge is -2.23. The second-order valence-corrected chi connectivity index (χ2v) is 8.66. The number of hydrogen-bond acceptors (Lipinski definition) is 2. The van der Waals surface area contributed by atoms with Gasteiger partial charge in [-0.15, -0.1) is 0 Å². The number of allylic oxidation sites excluding steroid dienone is 4. The third-order valence-electron chi connectivity index (χ3n) is 4.74. The van der Waals surface area contributed by atoms with Crippen molar-refractivity contribution in [2.24, 2.45) is 5.92 Å². The quantitative estimate of drug-likeness (QED) is 0.355. The summed E-state index contributed by atoms with van der Waals surface area (Å²) in [5.74, 6) is -0.129. The summed E-state index contributed by atoms with van der Waals surface area (Å²) >= 11 is 0. The normalized spacial score (nSPS) is 21.0. The fraction of sp³-hybridized carbons (Fsp3) is 0.136. The Balaban J connectivity index is 2.01. The van der Waals surface area contributed by atoms with Gasteiger partial charge in [0.15, 0.2) is 11.6 Å². The Hall–Kier alpha value is -2.52. The molecule has 25 heavy (non-hydrogen) atoms. The SMILES string of the molecule is CC(=O)c1ccc2c(c1)C(=O)C1C=CC=CC1=[SH+]2c1ccc(C)cc1. The molecule has 0 saturated carbocycles. The number of carbonyl (C=O) groups is 2. The number of thiol groups is 1. The first-order chi connectivity index (χ1) is 12.1. The molecule has 1 heterocycles. The van der Waals surface area contributed by atoms with E-state index in [4.69, 9.17) is 0 Å². The molecule has 0 aromatic heterocycles. The fourth-order valence-electron chi connectivity index (χ4n) is 3.40. The van der Waals surface area contributed by atoms with Crippen LogP contribution in [0.1, 0.15) is 33.2 Å². The molecule has 4 rings (SSSR count). The lowest BCUT2D eigenvalue weighted by atomic mass is 9.90. The average molecular weight is 347 g/mol. The van der Waals surface area contributed by atoms with Crippen molar-refractivity contribution in [1.82, 2.24) is 0 Å². The summed E-state index contributed by atoms with van der Waals surface area (Å²) in [4.78, 5) is 28.3. The molecule has 1 aliphatic heterocycles. The molecule has 2 aliphatic rings. The summed E-state index contributed by atoms with van der Waals surface area (Å²) in [6.45, 7) is 3.62. The van der Waals surface area contributed by atoms with Crippen molar-refractivity contribution in [3.63, 3.8) is 0 Å². The van der Waals surface area contributed by atoms with Gasteiger partial charge in [-0.2, -0.15) is 0 Å². The molecule has 0 fully saturated rings. The summed E-state index contributed by atoms with van der Waals surface area (Å²) in [5, 5.41) is 0. The second kappa shape index (κ2) is 6.08. The maximum atomic E-state index is 13.0. The van der Waals surface area contributed by atoms with Crippen molar-refractivity contribution in [3.8, 4) is 0 Å². The fourth-order valence-corrected chi connectivity index (χ4v) is 6.06. The highest BCUT2D eigenvalue weighted by Crippen LogP contribution is 2.34. The lowest BCUT2D eigenvalue weighted by molar-refractivity contribution is 0.0969. The van der Waals surface area contributed by atoms with E-state index in [-0.39, 0.29) is 17.5 Å². The van der Waals surface area contributed by atoms with Crippen molar-refractivity contribution in [2.75, 3.05) is 0 Å². The van der Waals surface area contributed by atoms with Crippen LogP contribution in [-0.4, -0.2) is 16.4 Å². The molecule has 0 radical (unpaired) electrons. The molecule has 2 aromatic carbocycles. The zero-order valence-electron chi connectivity index (χ0n) is 14.2. The van der Waals surface area contributed by atoms with Crippen LogP contribution in [0.2, 0.25) is 0 Å². The number of aryl methyl sites for hydroxylation is 1. The van der Waals surface area contributed by atoms with E-state index >= 15 is 0 Å². The van der Waals surface area contributed by atoms with Crippen LogP contribution in [0.15, 0.2) is 76.6 Å². The van der Waals surface area contributed by atoms with E-state index in [1.54, 1.807) is 13.0 Å². The van der Waals surface area contributed by atoms with Gasteiger partial charge in [-0.1, -0.05) is 46.4 Å². The summed E-state index contributed by atoms with van der Waals surface area (Å²) in [5.41, 5.74) is 2.53. The van der Waals surface area contributed by atoms with Gasteiger partial charge in [-0.05, 0) is 50.3 Å². The van der Waals surface area contributed by atoms with Crippen molar-refractivity contribution in [2.45, 2.75) is 23.6 Å². The van der Waals surface area contributed by atoms with Gasteiger partial charge in [-0.3, -0.25) is 9.59 Å². The summed E-state index contributed by atoms with van der Waals surface area (Å²) in [6.07, 6.45) is 8.02. The van der Waals surface area contributed by atoms with E-state index in [9.17, 15) is 9.59 Å². The third kappa shape index (κ3) is 2.65. The Morgan fingerprint density at radius 3 is 2.52 bits per heavy atom. The van der Waals surface area contributed by atoms with Gasteiger partial charge < -0.3 is 0 Å².